The molecule has 2 amide bonds. The number of aromatic nitrogens is 1. The van der Waals surface area contributed by atoms with Crippen LogP contribution in [0.3, 0.4) is 0 Å². The summed E-state index contributed by atoms with van der Waals surface area (Å²) >= 11 is 1.43. The Kier molecular flexibility index (Phi) is 8.14. The summed E-state index contributed by atoms with van der Waals surface area (Å²) in [6.07, 6.45) is 5.11. The summed E-state index contributed by atoms with van der Waals surface area (Å²) in [5.74, 6) is 1.05. The van der Waals surface area contributed by atoms with Crippen LogP contribution < -0.4 is 4.74 Å². The number of hydrogen-bond acceptors (Lipinski definition) is 5. The van der Waals surface area contributed by atoms with E-state index < -0.39 is 0 Å². The van der Waals surface area contributed by atoms with Gasteiger partial charge < -0.3 is 14.5 Å². The fourth-order valence-electron chi connectivity index (χ4n) is 6.07. The van der Waals surface area contributed by atoms with E-state index in [1.54, 1.807) is 17.3 Å². The molecule has 7 heteroatoms. The average molecular weight is 566 g/mol. The van der Waals surface area contributed by atoms with E-state index in [9.17, 15) is 9.59 Å². The van der Waals surface area contributed by atoms with Gasteiger partial charge in [0.05, 0.1) is 6.04 Å². The molecule has 0 unspecified atom stereocenters. The van der Waals surface area contributed by atoms with Gasteiger partial charge in [0.2, 0.25) is 5.91 Å². The Bertz CT molecular complexity index is 1500. The summed E-state index contributed by atoms with van der Waals surface area (Å²) in [6.45, 7) is 1.54. The molecule has 41 heavy (non-hydrogen) atoms. The molecule has 210 valence electrons. The van der Waals surface area contributed by atoms with E-state index in [-0.39, 0.29) is 30.4 Å². The molecule has 2 aliphatic rings. The minimum absolute atomic E-state index is 0.108. The van der Waals surface area contributed by atoms with Crippen molar-refractivity contribution in [3.63, 3.8) is 0 Å². The molecule has 0 radical (unpaired) electrons. The summed E-state index contributed by atoms with van der Waals surface area (Å²) in [7, 11) is 1.79. The fourth-order valence-corrected chi connectivity index (χ4v) is 6.75. The van der Waals surface area contributed by atoms with Crippen molar-refractivity contribution in [2.75, 3.05) is 13.6 Å². The molecular weight excluding hydrogens is 530 g/mol. The predicted octanol–water partition coefficient (Wildman–Crippen LogP) is 6.66. The maximum atomic E-state index is 13.7. The van der Waals surface area contributed by atoms with Crippen molar-refractivity contribution in [1.82, 2.24) is 14.8 Å². The van der Waals surface area contributed by atoms with E-state index in [2.05, 4.69) is 34.1 Å². The van der Waals surface area contributed by atoms with Crippen LogP contribution in [0.25, 0.3) is 0 Å². The van der Waals surface area contributed by atoms with Crippen LogP contribution >= 0.6 is 11.3 Å². The van der Waals surface area contributed by atoms with Crippen LogP contribution in [0, 0.1) is 5.92 Å². The molecule has 1 fully saturated rings. The first kappa shape index (κ1) is 27.2. The Morgan fingerprint density at radius 1 is 1.00 bits per heavy atom. The second kappa shape index (κ2) is 12.3. The molecule has 2 heterocycles. The maximum absolute atomic E-state index is 13.7. The van der Waals surface area contributed by atoms with E-state index in [1.807, 2.05) is 54.6 Å². The standard InChI is InChI=1S/C34H35N3O3S/c1-36(21-24-10-4-2-5-11-24)34(39)30-23-41-31(35-30)22-40-28-17-16-25-18-19-37(33(38)27-14-8-9-15-27)32(29(25)20-28)26-12-6-3-7-13-26/h2-7,10-13,16-17,20,23,27,32H,8-9,14-15,18-19,21-22H2,1H3/t32-/m0/s1. The fraction of sp³-hybridized carbons (Fsp3) is 0.324. The van der Waals surface area contributed by atoms with Gasteiger partial charge in [0.25, 0.3) is 5.91 Å². The number of benzene rings is 3. The molecule has 1 aliphatic heterocycles. The Labute approximate surface area is 245 Å². The van der Waals surface area contributed by atoms with Gasteiger partial charge in [-0.1, -0.05) is 79.6 Å². The zero-order chi connectivity index (χ0) is 28.2. The molecule has 0 spiro atoms. The minimum Gasteiger partial charge on any atom is -0.486 e. The van der Waals surface area contributed by atoms with Crippen molar-refractivity contribution in [3.8, 4) is 5.75 Å². The van der Waals surface area contributed by atoms with Crippen molar-refractivity contribution in [2.24, 2.45) is 5.92 Å². The predicted molar refractivity (Wildman–Crippen MR) is 161 cm³/mol. The highest BCUT2D eigenvalue weighted by Crippen LogP contribution is 2.39. The molecule has 0 N–H and O–H groups in total. The number of carbonyl (C=O) groups excluding carboxylic acids is 2. The van der Waals surface area contributed by atoms with Gasteiger partial charge in [-0.2, -0.15) is 0 Å². The summed E-state index contributed by atoms with van der Waals surface area (Å²) in [4.78, 5) is 34.9. The van der Waals surface area contributed by atoms with Crippen molar-refractivity contribution in [2.45, 2.75) is 51.3 Å². The number of rotatable bonds is 8. The van der Waals surface area contributed by atoms with E-state index in [0.717, 1.165) is 66.1 Å². The first-order valence-electron chi connectivity index (χ1n) is 14.4. The Morgan fingerprint density at radius 2 is 1.73 bits per heavy atom. The largest absolute Gasteiger partial charge is 0.486 e. The lowest BCUT2D eigenvalue weighted by atomic mass is 9.87. The van der Waals surface area contributed by atoms with Gasteiger partial charge >= 0.3 is 0 Å². The monoisotopic (exact) mass is 565 g/mol. The second-order valence-electron chi connectivity index (χ2n) is 11.0. The van der Waals surface area contributed by atoms with Gasteiger partial charge in [0.1, 0.15) is 23.1 Å². The third-order valence-electron chi connectivity index (χ3n) is 8.19. The van der Waals surface area contributed by atoms with Crippen LogP contribution in [0.1, 0.15) is 69.5 Å². The van der Waals surface area contributed by atoms with Crippen LogP contribution in [0.2, 0.25) is 0 Å². The SMILES string of the molecule is CN(Cc1ccccc1)C(=O)c1csc(COc2ccc3c(c2)[C@H](c2ccccc2)N(C(=O)C2CCCC2)CC3)n1. The van der Waals surface area contributed by atoms with Gasteiger partial charge in [-0.3, -0.25) is 9.59 Å². The summed E-state index contributed by atoms with van der Waals surface area (Å²) < 4.78 is 6.21. The average Bonchev–Trinajstić information content (AvgIpc) is 3.73. The minimum atomic E-state index is -0.124. The first-order valence-corrected chi connectivity index (χ1v) is 15.3. The van der Waals surface area contributed by atoms with E-state index in [0.29, 0.717) is 12.2 Å². The van der Waals surface area contributed by atoms with Crippen molar-refractivity contribution in [1.29, 1.82) is 0 Å². The smallest absolute Gasteiger partial charge is 0.273 e. The second-order valence-corrected chi connectivity index (χ2v) is 11.9. The first-order chi connectivity index (χ1) is 20.1. The number of fused-ring (bicyclic) bond motifs is 1. The highest BCUT2D eigenvalue weighted by molar-refractivity contribution is 7.09. The summed E-state index contributed by atoms with van der Waals surface area (Å²) in [5.41, 5.74) is 5.02. The van der Waals surface area contributed by atoms with Gasteiger partial charge in [-0.25, -0.2) is 4.98 Å². The molecule has 6 rings (SSSR count). The highest BCUT2D eigenvalue weighted by Gasteiger charge is 2.36. The number of ether oxygens (including phenoxy) is 1. The third-order valence-corrected chi connectivity index (χ3v) is 9.01. The van der Waals surface area contributed by atoms with Crippen molar-refractivity contribution in [3.05, 3.63) is 117 Å². The van der Waals surface area contributed by atoms with Crippen LogP contribution in [0.5, 0.6) is 5.75 Å². The maximum Gasteiger partial charge on any atom is 0.273 e. The summed E-state index contributed by atoms with van der Waals surface area (Å²) in [5, 5.41) is 2.55. The molecule has 0 bridgehead atoms. The van der Waals surface area contributed by atoms with E-state index >= 15 is 0 Å². The van der Waals surface area contributed by atoms with Gasteiger partial charge in [0.15, 0.2) is 0 Å². The zero-order valence-corrected chi connectivity index (χ0v) is 24.2. The molecule has 0 saturated heterocycles. The highest BCUT2D eigenvalue weighted by atomic mass is 32.1. The summed E-state index contributed by atoms with van der Waals surface area (Å²) in [6, 6.07) is 26.4. The Hall–Kier alpha value is -3.97. The number of hydrogen-bond donors (Lipinski definition) is 0. The topological polar surface area (TPSA) is 62.7 Å². The van der Waals surface area contributed by atoms with Gasteiger partial charge in [-0.05, 0) is 53.6 Å². The van der Waals surface area contributed by atoms with Gasteiger partial charge in [-0.15, -0.1) is 11.3 Å². The Balaban J connectivity index is 1.17. The molecule has 3 aromatic carbocycles. The molecule has 6 nitrogen and oxygen atoms in total. The Morgan fingerprint density at radius 3 is 2.49 bits per heavy atom. The molecule has 1 aliphatic carbocycles. The normalized spacial score (nSPS) is 16.8. The molecule has 4 aromatic rings. The third kappa shape index (κ3) is 6.05. The lowest BCUT2D eigenvalue weighted by Crippen LogP contribution is -2.43. The molecule has 1 saturated carbocycles. The number of carbonyl (C=O) groups is 2. The lowest BCUT2D eigenvalue weighted by molar-refractivity contribution is -0.137. The van der Waals surface area contributed by atoms with E-state index in [4.69, 9.17) is 4.74 Å². The van der Waals surface area contributed by atoms with Crippen LogP contribution in [-0.2, 0) is 24.4 Å². The van der Waals surface area contributed by atoms with Crippen LogP contribution in [0.15, 0.2) is 84.2 Å². The number of nitrogens with zero attached hydrogens (tertiary/aromatic N) is 3. The zero-order valence-electron chi connectivity index (χ0n) is 23.4. The molecule has 1 atom stereocenters. The van der Waals surface area contributed by atoms with Crippen molar-refractivity contribution < 1.29 is 14.3 Å². The van der Waals surface area contributed by atoms with Crippen molar-refractivity contribution >= 4 is 23.2 Å². The van der Waals surface area contributed by atoms with Crippen LogP contribution in [0.4, 0.5) is 0 Å². The number of amides is 2. The number of thiazole rings is 1. The van der Waals surface area contributed by atoms with Gasteiger partial charge in [0, 0.05) is 31.4 Å². The molecular formula is C34H35N3O3S. The lowest BCUT2D eigenvalue weighted by Gasteiger charge is -2.39. The van der Waals surface area contributed by atoms with Crippen LogP contribution in [-0.4, -0.2) is 40.2 Å². The molecule has 1 aromatic heterocycles. The quantitative estimate of drug-likeness (QED) is 0.240. The van der Waals surface area contributed by atoms with E-state index in [1.165, 1.54) is 16.9 Å².